The molecule has 0 aliphatic heterocycles. The van der Waals surface area contributed by atoms with Crippen molar-refractivity contribution in [1.82, 2.24) is 4.72 Å². The minimum atomic E-state index is -3.66. The van der Waals surface area contributed by atoms with Crippen LogP contribution >= 0.6 is 0 Å². The Kier molecular flexibility index (Phi) is 3.88. The second-order valence-corrected chi connectivity index (χ2v) is 7.30. The first kappa shape index (κ1) is 15.0. The van der Waals surface area contributed by atoms with Gasteiger partial charge in [-0.15, -0.1) is 0 Å². The summed E-state index contributed by atoms with van der Waals surface area (Å²) in [7, 11) is -3.66. The Labute approximate surface area is 119 Å². The molecule has 1 aromatic carbocycles. The molecule has 0 saturated heterocycles. The Bertz CT molecular complexity index is 651. The number of hydrogen-bond donors (Lipinski definition) is 2. The highest BCUT2D eigenvalue weighted by Crippen LogP contribution is 2.37. The molecule has 0 bridgehead atoms. The quantitative estimate of drug-likeness (QED) is 0.870. The molecule has 2 unspecified atom stereocenters. The van der Waals surface area contributed by atoms with Crippen LogP contribution in [0, 0.1) is 25.7 Å². The van der Waals surface area contributed by atoms with Crippen LogP contribution in [0.25, 0.3) is 0 Å². The first-order valence-electron chi connectivity index (χ1n) is 6.56. The number of hydrogen-bond acceptors (Lipinski definition) is 3. The van der Waals surface area contributed by atoms with Gasteiger partial charge in [0.2, 0.25) is 10.0 Å². The van der Waals surface area contributed by atoms with Crippen LogP contribution in [0.4, 0.5) is 0 Å². The Hall–Kier alpha value is -1.40. The third kappa shape index (κ3) is 3.02. The van der Waals surface area contributed by atoms with Gasteiger partial charge < -0.3 is 5.11 Å². The number of aryl methyl sites for hydroxylation is 2. The number of rotatable bonds is 5. The van der Waals surface area contributed by atoms with Gasteiger partial charge in [0.15, 0.2) is 0 Å². The third-order valence-electron chi connectivity index (χ3n) is 3.85. The van der Waals surface area contributed by atoms with E-state index in [0.717, 1.165) is 6.42 Å². The first-order chi connectivity index (χ1) is 9.22. The molecule has 1 saturated carbocycles. The number of nitrogens with one attached hydrogen (secondary N) is 1. The third-order valence-corrected chi connectivity index (χ3v) is 5.42. The van der Waals surface area contributed by atoms with Crippen molar-refractivity contribution in [3.8, 4) is 0 Å². The second kappa shape index (κ2) is 5.18. The summed E-state index contributed by atoms with van der Waals surface area (Å²) >= 11 is 0. The highest BCUT2D eigenvalue weighted by Gasteiger charge is 2.33. The zero-order valence-electron chi connectivity index (χ0n) is 11.8. The van der Waals surface area contributed by atoms with E-state index >= 15 is 0 Å². The number of sulfonamides is 1. The maximum atomic E-state index is 12.3. The SMILES string of the molecule is Cc1cc(C)c(S(=O)(=O)NCC2CC2C)cc1C(=O)O. The summed E-state index contributed by atoms with van der Waals surface area (Å²) in [6.45, 7) is 5.83. The molecule has 0 amide bonds. The lowest BCUT2D eigenvalue weighted by Crippen LogP contribution is -2.27. The fourth-order valence-corrected chi connectivity index (χ4v) is 3.68. The molecular weight excluding hydrogens is 278 g/mol. The molecule has 2 N–H and O–H groups in total. The standard InChI is InChI=1S/C14H19NO4S/c1-8-5-11(8)7-15-20(18,19)13-6-12(14(16)17)9(2)4-10(13)3/h4,6,8,11,15H,5,7H2,1-3H3,(H,16,17). The van der Waals surface area contributed by atoms with E-state index in [1.807, 2.05) is 0 Å². The molecule has 0 aromatic heterocycles. The predicted molar refractivity (Wildman–Crippen MR) is 75.3 cm³/mol. The van der Waals surface area contributed by atoms with Crippen molar-refractivity contribution >= 4 is 16.0 Å². The number of carboxylic acid groups (broad SMARTS) is 1. The van der Waals surface area contributed by atoms with Crippen LogP contribution in [0.15, 0.2) is 17.0 Å². The van der Waals surface area contributed by atoms with Gasteiger partial charge in [-0.2, -0.15) is 0 Å². The van der Waals surface area contributed by atoms with Gasteiger partial charge in [0.05, 0.1) is 10.5 Å². The van der Waals surface area contributed by atoms with Gasteiger partial charge in [-0.25, -0.2) is 17.9 Å². The van der Waals surface area contributed by atoms with E-state index in [1.54, 1.807) is 19.9 Å². The molecule has 2 atom stereocenters. The Balaban J connectivity index is 2.30. The summed E-state index contributed by atoms with van der Waals surface area (Å²) in [4.78, 5) is 11.2. The summed E-state index contributed by atoms with van der Waals surface area (Å²) in [6, 6.07) is 2.84. The molecule has 2 rings (SSSR count). The van der Waals surface area contributed by atoms with Crippen LogP contribution in [0.2, 0.25) is 0 Å². The van der Waals surface area contributed by atoms with Gasteiger partial charge in [-0.05, 0) is 49.3 Å². The van der Waals surface area contributed by atoms with E-state index in [1.165, 1.54) is 6.07 Å². The fraction of sp³-hybridized carbons (Fsp3) is 0.500. The molecule has 0 heterocycles. The Morgan fingerprint density at radius 1 is 1.35 bits per heavy atom. The van der Waals surface area contributed by atoms with Gasteiger partial charge >= 0.3 is 5.97 Å². The van der Waals surface area contributed by atoms with E-state index in [2.05, 4.69) is 11.6 Å². The van der Waals surface area contributed by atoms with Crippen molar-refractivity contribution in [2.45, 2.75) is 32.1 Å². The minimum absolute atomic E-state index is 0.0239. The minimum Gasteiger partial charge on any atom is -0.478 e. The van der Waals surface area contributed by atoms with E-state index in [4.69, 9.17) is 5.11 Å². The first-order valence-corrected chi connectivity index (χ1v) is 8.05. The van der Waals surface area contributed by atoms with Crippen molar-refractivity contribution in [3.63, 3.8) is 0 Å². The lowest BCUT2D eigenvalue weighted by molar-refractivity contribution is 0.0696. The number of aromatic carboxylic acids is 1. The molecule has 0 spiro atoms. The molecule has 6 heteroatoms. The maximum absolute atomic E-state index is 12.3. The van der Waals surface area contributed by atoms with Crippen LogP contribution in [0.1, 0.15) is 34.8 Å². The molecule has 0 radical (unpaired) electrons. The van der Waals surface area contributed by atoms with Gasteiger partial charge in [-0.3, -0.25) is 0 Å². The monoisotopic (exact) mass is 297 g/mol. The van der Waals surface area contributed by atoms with E-state index in [9.17, 15) is 13.2 Å². The molecule has 20 heavy (non-hydrogen) atoms. The van der Waals surface area contributed by atoms with Crippen molar-refractivity contribution in [2.24, 2.45) is 11.8 Å². The number of benzene rings is 1. The van der Waals surface area contributed by atoms with Crippen LogP contribution in [0.3, 0.4) is 0 Å². The van der Waals surface area contributed by atoms with E-state index in [0.29, 0.717) is 29.5 Å². The number of carboxylic acids is 1. The van der Waals surface area contributed by atoms with E-state index < -0.39 is 16.0 Å². The van der Waals surface area contributed by atoms with Gasteiger partial charge in [0.1, 0.15) is 0 Å². The summed E-state index contributed by atoms with van der Waals surface area (Å²) in [5.41, 5.74) is 1.14. The lowest BCUT2D eigenvalue weighted by Gasteiger charge is -2.11. The van der Waals surface area contributed by atoms with Gasteiger partial charge in [-0.1, -0.05) is 13.0 Å². The van der Waals surface area contributed by atoms with Crippen molar-refractivity contribution in [1.29, 1.82) is 0 Å². The second-order valence-electron chi connectivity index (χ2n) is 5.56. The topological polar surface area (TPSA) is 83.5 Å². The molecule has 1 fully saturated rings. The van der Waals surface area contributed by atoms with Crippen LogP contribution in [-0.2, 0) is 10.0 Å². The Morgan fingerprint density at radius 3 is 2.45 bits per heavy atom. The average Bonchev–Trinajstić information content (AvgIpc) is 3.02. The van der Waals surface area contributed by atoms with E-state index in [-0.39, 0.29) is 10.5 Å². The molecule has 1 aromatic rings. The summed E-state index contributed by atoms with van der Waals surface area (Å²) in [6.07, 6.45) is 1.04. The van der Waals surface area contributed by atoms with Gasteiger partial charge in [0.25, 0.3) is 0 Å². The highest BCUT2D eigenvalue weighted by atomic mass is 32.2. The largest absolute Gasteiger partial charge is 0.478 e. The zero-order chi connectivity index (χ0) is 15.1. The van der Waals surface area contributed by atoms with Crippen LogP contribution in [0.5, 0.6) is 0 Å². The molecule has 1 aliphatic rings. The molecular formula is C14H19NO4S. The van der Waals surface area contributed by atoms with Crippen LogP contribution in [-0.4, -0.2) is 26.0 Å². The van der Waals surface area contributed by atoms with Crippen molar-refractivity contribution < 1.29 is 18.3 Å². The van der Waals surface area contributed by atoms with Crippen molar-refractivity contribution in [3.05, 3.63) is 28.8 Å². The Morgan fingerprint density at radius 2 is 1.95 bits per heavy atom. The van der Waals surface area contributed by atoms with Crippen LogP contribution < -0.4 is 4.72 Å². The summed E-state index contributed by atoms with van der Waals surface area (Å²) in [5, 5.41) is 9.09. The highest BCUT2D eigenvalue weighted by molar-refractivity contribution is 7.89. The summed E-state index contributed by atoms with van der Waals surface area (Å²) < 4.78 is 27.1. The fourth-order valence-electron chi connectivity index (χ4n) is 2.33. The average molecular weight is 297 g/mol. The summed E-state index contributed by atoms with van der Waals surface area (Å²) in [5.74, 6) is -0.157. The molecule has 110 valence electrons. The zero-order valence-corrected chi connectivity index (χ0v) is 12.6. The molecule has 5 nitrogen and oxygen atoms in total. The number of carbonyl (C=O) groups is 1. The lowest BCUT2D eigenvalue weighted by atomic mass is 10.1. The van der Waals surface area contributed by atoms with Crippen molar-refractivity contribution in [2.75, 3.05) is 6.54 Å². The predicted octanol–water partition coefficient (Wildman–Crippen LogP) is 1.94. The van der Waals surface area contributed by atoms with Gasteiger partial charge in [0, 0.05) is 6.54 Å². The molecule has 1 aliphatic carbocycles. The maximum Gasteiger partial charge on any atom is 0.335 e. The smallest absolute Gasteiger partial charge is 0.335 e. The normalized spacial score (nSPS) is 21.8.